The topological polar surface area (TPSA) is 57.0 Å². The second-order valence-corrected chi connectivity index (χ2v) is 3.99. The first-order valence-corrected chi connectivity index (χ1v) is 6.04. The number of carbonyl (C=O) groups excluding carboxylic acids is 1. The SMILES string of the molecule is C=C(C(=O)c1ccc(OCCC)cc1)n1cncn1. The van der Waals surface area contributed by atoms with E-state index in [2.05, 4.69) is 16.7 Å². The van der Waals surface area contributed by atoms with Gasteiger partial charge in [0, 0.05) is 5.56 Å². The molecule has 1 heterocycles. The van der Waals surface area contributed by atoms with Gasteiger partial charge in [-0.2, -0.15) is 5.10 Å². The van der Waals surface area contributed by atoms with Crippen LogP contribution in [0.5, 0.6) is 5.75 Å². The molecule has 0 unspecified atom stereocenters. The summed E-state index contributed by atoms with van der Waals surface area (Å²) in [5, 5.41) is 3.88. The Balaban J connectivity index is 2.09. The number of ketones is 1. The molecule has 0 aliphatic carbocycles. The number of nitrogens with zero attached hydrogens (tertiary/aromatic N) is 3. The average Bonchev–Trinajstić information content (AvgIpc) is 2.98. The number of hydrogen-bond donors (Lipinski definition) is 0. The summed E-state index contributed by atoms with van der Waals surface area (Å²) in [7, 11) is 0. The Bertz CT molecular complexity index is 559. The van der Waals surface area contributed by atoms with E-state index in [9.17, 15) is 4.79 Å². The number of ether oxygens (including phenoxy) is 1. The van der Waals surface area contributed by atoms with E-state index in [0.29, 0.717) is 12.2 Å². The Hall–Kier alpha value is -2.43. The molecule has 0 N–H and O–H groups in total. The highest BCUT2D eigenvalue weighted by atomic mass is 16.5. The van der Waals surface area contributed by atoms with Gasteiger partial charge in [0.2, 0.25) is 5.78 Å². The van der Waals surface area contributed by atoms with Crippen LogP contribution in [0.4, 0.5) is 0 Å². The monoisotopic (exact) mass is 257 g/mol. The van der Waals surface area contributed by atoms with Crippen molar-refractivity contribution in [2.24, 2.45) is 0 Å². The van der Waals surface area contributed by atoms with Gasteiger partial charge in [0.15, 0.2) is 0 Å². The fourth-order valence-electron chi connectivity index (χ4n) is 1.54. The molecule has 5 nitrogen and oxygen atoms in total. The first kappa shape index (κ1) is 13.0. The minimum Gasteiger partial charge on any atom is -0.494 e. The highest BCUT2D eigenvalue weighted by Gasteiger charge is 2.12. The van der Waals surface area contributed by atoms with E-state index < -0.39 is 0 Å². The number of aromatic nitrogens is 3. The summed E-state index contributed by atoms with van der Waals surface area (Å²) in [4.78, 5) is 15.9. The van der Waals surface area contributed by atoms with Gasteiger partial charge in [-0.15, -0.1) is 0 Å². The molecule has 0 saturated heterocycles. The number of allylic oxidation sites excluding steroid dienone is 1. The van der Waals surface area contributed by atoms with Crippen molar-refractivity contribution in [3.8, 4) is 5.75 Å². The largest absolute Gasteiger partial charge is 0.494 e. The molecular formula is C14H15N3O2. The third-order valence-corrected chi connectivity index (χ3v) is 2.55. The quantitative estimate of drug-likeness (QED) is 0.589. The average molecular weight is 257 g/mol. The van der Waals surface area contributed by atoms with Gasteiger partial charge < -0.3 is 4.74 Å². The molecule has 0 radical (unpaired) electrons. The predicted molar refractivity (Wildman–Crippen MR) is 71.9 cm³/mol. The lowest BCUT2D eigenvalue weighted by Crippen LogP contribution is -2.08. The molecule has 0 atom stereocenters. The minimum absolute atomic E-state index is 0.187. The maximum absolute atomic E-state index is 12.1. The zero-order valence-corrected chi connectivity index (χ0v) is 10.7. The highest BCUT2D eigenvalue weighted by molar-refractivity contribution is 6.23. The number of hydrogen-bond acceptors (Lipinski definition) is 4. The zero-order chi connectivity index (χ0) is 13.7. The Labute approximate surface area is 111 Å². The van der Waals surface area contributed by atoms with Crippen molar-refractivity contribution in [2.45, 2.75) is 13.3 Å². The van der Waals surface area contributed by atoms with Crippen LogP contribution in [-0.4, -0.2) is 27.2 Å². The van der Waals surface area contributed by atoms with Crippen LogP contribution in [0.25, 0.3) is 5.70 Å². The van der Waals surface area contributed by atoms with Crippen molar-refractivity contribution in [1.82, 2.24) is 14.8 Å². The molecule has 2 rings (SSSR count). The van der Waals surface area contributed by atoms with Gasteiger partial charge >= 0.3 is 0 Å². The Morgan fingerprint density at radius 3 is 2.68 bits per heavy atom. The molecule has 19 heavy (non-hydrogen) atoms. The van der Waals surface area contributed by atoms with E-state index in [-0.39, 0.29) is 11.5 Å². The molecular weight excluding hydrogens is 242 g/mol. The molecule has 98 valence electrons. The normalized spacial score (nSPS) is 10.2. The van der Waals surface area contributed by atoms with Gasteiger partial charge in [-0.25, -0.2) is 9.67 Å². The molecule has 0 fully saturated rings. The van der Waals surface area contributed by atoms with Crippen LogP contribution in [0.3, 0.4) is 0 Å². The van der Waals surface area contributed by atoms with Gasteiger partial charge in [0.05, 0.1) is 6.61 Å². The summed E-state index contributed by atoms with van der Waals surface area (Å²) in [6, 6.07) is 6.99. The third-order valence-electron chi connectivity index (χ3n) is 2.55. The molecule has 0 amide bonds. The summed E-state index contributed by atoms with van der Waals surface area (Å²) >= 11 is 0. The number of Topliss-reactive ketones (excluding diaryl/α,β-unsaturated/α-hetero) is 1. The number of benzene rings is 1. The van der Waals surface area contributed by atoms with E-state index in [1.165, 1.54) is 17.3 Å². The minimum atomic E-state index is -0.187. The van der Waals surface area contributed by atoms with Crippen molar-refractivity contribution >= 4 is 11.5 Å². The van der Waals surface area contributed by atoms with Crippen molar-refractivity contribution in [3.05, 3.63) is 49.1 Å². The van der Waals surface area contributed by atoms with Gasteiger partial charge in [0.1, 0.15) is 24.1 Å². The van der Waals surface area contributed by atoms with E-state index in [4.69, 9.17) is 4.74 Å². The molecule has 0 aliphatic rings. The standard InChI is InChI=1S/C14H15N3O2/c1-3-8-19-13-6-4-12(5-7-13)14(18)11(2)17-10-15-9-16-17/h4-7,9-10H,2-3,8H2,1H3. The van der Waals surface area contributed by atoms with E-state index in [1.807, 2.05) is 6.92 Å². The molecule has 0 saturated carbocycles. The first-order chi connectivity index (χ1) is 9.22. The highest BCUT2D eigenvalue weighted by Crippen LogP contribution is 2.16. The van der Waals surface area contributed by atoms with Crippen LogP contribution in [0.1, 0.15) is 23.7 Å². The molecule has 5 heteroatoms. The maximum Gasteiger partial charge on any atom is 0.210 e. The predicted octanol–water partition coefficient (Wildman–Crippen LogP) is 2.42. The fraction of sp³-hybridized carbons (Fsp3) is 0.214. The Morgan fingerprint density at radius 2 is 2.11 bits per heavy atom. The molecule has 0 spiro atoms. The zero-order valence-electron chi connectivity index (χ0n) is 10.7. The summed E-state index contributed by atoms with van der Waals surface area (Å²) < 4.78 is 6.81. The summed E-state index contributed by atoms with van der Waals surface area (Å²) in [6.07, 6.45) is 3.75. The summed E-state index contributed by atoms with van der Waals surface area (Å²) in [5.41, 5.74) is 0.809. The Kier molecular flexibility index (Phi) is 4.07. The van der Waals surface area contributed by atoms with E-state index in [1.54, 1.807) is 24.3 Å². The Morgan fingerprint density at radius 1 is 1.37 bits per heavy atom. The summed E-state index contributed by atoms with van der Waals surface area (Å²) in [6.45, 7) is 6.43. The van der Waals surface area contributed by atoms with Gasteiger partial charge in [-0.3, -0.25) is 4.79 Å². The van der Waals surface area contributed by atoms with Crippen LogP contribution >= 0.6 is 0 Å². The van der Waals surface area contributed by atoms with Gasteiger partial charge in [0.25, 0.3) is 0 Å². The number of rotatable bonds is 6. The molecule has 0 bridgehead atoms. The lowest BCUT2D eigenvalue weighted by molar-refractivity contribution is 0.105. The lowest BCUT2D eigenvalue weighted by atomic mass is 10.1. The molecule has 1 aromatic carbocycles. The lowest BCUT2D eigenvalue weighted by Gasteiger charge is -2.06. The van der Waals surface area contributed by atoms with Crippen molar-refractivity contribution in [2.75, 3.05) is 6.61 Å². The van der Waals surface area contributed by atoms with E-state index >= 15 is 0 Å². The molecule has 1 aromatic heterocycles. The molecule has 0 aliphatic heterocycles. The maximum atomic E-state index is 12.1. The number of carbonyl (C=O) groups is 1. The van der Waals surface area contributed by atoms with Crippen LogP contribution in [0, 0.1) is 0 Å². The van der Waals surface area contributed by atoms with E-state index in [0.717, 1.165) is 12.2 Å². The van der Waals surface area contributed by atoms with Crippen LogP contribution in [0.2, 0.25) is 0 Å². The van der Waals surface area contributed by atoms with Crippen LogP contribution in [0.15, 0.2) is 43.5 Å². The van der Waals surface area contributed by atoms with Crippen LogP contribution in [-0.2, 0) is 0 Å². The van der Waals surface area contributed by atoms with Gasteiger partial charge in [-0.05, 0) is 30.7 Å². The summed E-state index contributed by atoms with van der Waals surface area (Å²) in [5.74, 6) is 0.567. The van der Waals surface area contributed by atoms with Crippen molar-refractivity contribution in [1.29, 1.82) is 0 Å². The third kappa shape index (κ3) is 3.07. The second kappa shape index (κ2) is 5.95. The van der Waals surface area contributed by atoms with Crippen molar-refractivity contribution < 1.29 is 9.53 Å². The van der Waals surface area contributed by atoms with Crippen molar-refractivity contribution in [3.63, 3.8) is 0 Å². The smallest absolute Gasteiger partial charge is 0.210 e. The van der Waals surface area contributed by atoms with Crippen LogP contribution < -0.4 is 4.74 Å². The second-order valence-electron chi connectivity index (χ2n) is 3.99. The molecule has 2 aromatic rings. The fourth-order valence-corrected chi connectivity index (χ4v) is 1.54. The van der Waals surface area contributed by atoms with Gasteiger partial charge in [-0.1, -0.05) is 13.5 Å². The first-order valence-electron chi connectivity index (χ1n) is 6.04.